The van der Waals surface area contributed by atoms with Gasteiger partial charge in [0.2, 0.25) is 0 Å². The SMILES string of the molecule is COC(=O)c1sc(-c2ccc(F)c(F)c2F)c(C)c1N. The number of carbonyl (C=O) groups excluding carboxylic acids is 1. The Balaban J connectivity index is 2.66. The molecule has 0 aliphatic heterocycles. The molecule has 0 amide bonds. The fraction of sp³-hybridized carbons (Fsp3) is 0.154. The molecule has 0 aliphatic carbocycles. The van der Waals surface area contributed by atoms with Crippen molar-refractivity contribution >= 4 is 23.0 Å². The second-order valence-electron chi connectivity index (χ2n) is 4.01. The molecule has 0 spiro atoms. The van der Waals surface area contributed by atoms with Crippen molar-refractivity contribution in [3.05, 3.63) is 40.0 Å². The largest absolute Gasteiger partial charge is 0.465 e. The van der Waals surface area contributed by atoms with Gasteiger partial charge in [-0.25, -0.2) is 18.0 Å². The number of anilines is 1. The second-order valence-corrected chi connectivity index (χ2v) is 5.03. The Labute approximate surface area is 116 Å². The molecule has 0 unspecified atom stereocenters. The van der Waals surface area contributed by atoms with E-state index in [1.165, 1.54) is 7.11 Å². The minimum atomic E-state index is -1.56. The van der Waals surface area contributed by atoms with Gasteiger partial charge >= 0.3 is 5.97 Å². The Bertz CT molecular complexity index is 697. The van der Waals surface area contributed by atoms with Crippen LogP contribution < -0.4 is 5.73 Å². The van der Waals surface area contributed by atoms with E-state index in [1.54, 1.807) is 6.92 Å². The summed E-state index contributed by atoms with van der Waals surface area (Å²) in [5, 5.41) is 0. The molecule has 0 radical (unpaired) electrons. The van der Waals surface area contributed by atoms with Crippen molar-refractivity contribution < 1.29 is 22.7 Å². The van der Waals surface area contributed by atoms with E-state index >= 15 is 0 Å². The molecule has 1 aromatic carbocycles. The normalized spacial score (nSPS) is 10.7. The van der Waals surface area contributed by atoms with Gasteiger partial charge in [-0.05, 0) is 24.6 Å². The number of methoxy groups -OCH3 is 1. The number of hydrogen-bond acceptors (Lipinski definition) is 4. The molecule has 0 atom stereocenters. The third kappa shape index (κ3) is 2.14. The quantitative estimate of drug-likeness (QED) is 0.682. The van der Waals surface area contributed by atoms with Gasteiger partial charge in [-0.1, -0.05) is 0 Å². The van der Waals surface area contributed by atoms with E-state index in [4.69, 9.17) is 5.73 Å². The highest BCUT2D eigenvalue weighted by Crippen LogP contribution is 2.40. The van der Waals surface area contributed by atoms with Crippen molar-refractivity contribution in [3.8, 4) is 10.4 Å². The summed E-state index contributed by atoms with van der Waals surface area (Å²) in [4.78, 5) is 11.9. The molecular weight excluding hydrogens is 291 g/mol. The van der Waals surface area contributed by atoms with E-state index in [0.29, 0.717) is 5.56 Å². The molecule has 0 fully saturated rings. The van der Waals surface area contributed by atoms with Crippen LogP contribution in [0.5, 0.6) is 0 Å². The zero-order valence-electron chi connectivity index (χ0n) is 10.6. The zero-order chi connectivity index (χ0) is 15.0. The average Bonchev–Trinajstić information content (AvgIpc) is 2.73. The van der Waals surface area contributed by atoms with Gasteiger partial charge in [-0.15, -0.1) is 11.3 Å². The Kier molecular flexibility index (Phi) is 3.71. The summed E-state index contributed by atoms with van der Waals surface area (Å²) >= 11 is 0.872. The first-order chi connectivity index (χ1) is 9.38. The van der Waals surface area contributed by atoms with Gasteiger partial charge in [-0.2, -0.15) is 0 Å². The van der Waals surface area contributed by atoms with Crippen LogP contribution in [-0.2, 0) is 4.74 Å². The Morgan fingerprint density at radius 3 is 2.50 bits per heavy atom. The monoisotopic (exact) mass is 301 g/mol. The van der Waals surface area contributed by atoms with Crippen LogP contribution in [0.2, 0.25) is 0 Å². The van der Waals surface area contributed by atoms with Gasteiger partial charge in [0.25, 0.3) is 0 Å². The lowest BCUT2D eigenvalue weighted by Gasteiger charge is -2.03. The Morgan fingerprint density at radius 2 is 1.90 bits per heavy atom. The van der Waals surface area contributed by atoms with Gasteiger partial charge in [-0.3, -0.25) is 0 Å². The molecule has 0 bridgehead atoms. The van der Waals surface area contributed by atoms with Crippen molar-refractivity contribution in [1.29, 1.82) is 0 Å². The summed E-state index contributed by atoms with van der Waals surface area (Å²) in [5.74, 6) is -4.81. The first-order valence-electron chi connectivity index (χ1n) is 5.49. The van der Waals surface area contributed by atoms with E-state index in [0.717, 1.165) is 23.5 Å². The molecule has 1 aromatic heterocycles. The molecular formula is C13H10F3NO2S. The highest BCUT2D eigenvalue weighted by atomic mass is 32.1. The third-order valence-electron chi connectivity index (χ3n) is 2.84. The summed E-state index contributed by atoms with van der Waals surface area (Å²) in [6.45, 7) is 1.56. The van der Waals surface area contributed by atoms with Crippen LogP contribution in [0.25, 0.3) is 10.4 Å². The van der Waals surface area contributed by atoms with E-state index in [-0.39, 0.29) is 21.0 Å². The molecule has 20 heavy (non-hydrogen) atoms. The highest BCUT2D eigenvalue weighted by molar-refractivity contribution is 7.18. The molecule has 3 nitrogen and oxygen atoms in total. The van der Waals surface area contributed by atoms with E-state index in [2.05, 4.69) is 4.74 Å². The number of thiophene rings is 1. The van der Waals surface area contributed by atoms with Crippen LogP contribution in [0.3, 0.4) is 0 Å². The summed E-state index contributed by atoms with van der Waals surface area (Å²) in [7, 11) is 1.19. The minimum absolute atomic E-state index is 0.101. The van der Waals surface area contributed by atoms with Crippen LogP contribution in [0.15, 0.2) is 12.1 Å². The number of rotatable bonds is 2. The van der Waals surface area contributed by atoms with Crippen molar-refractivity contribution in [3.63, 3.8) is 0 Å². The van der Waals surface area contributed by atoms with Crippen LogP contribution >= 0.6 is 11.3 Å². The molecule has 0 aliphatic rings. The maximum atomic E-state index is 13.8. The smallest absolute Gasteiger partial charge is 0.350 e. The van der Waals surface area contributed by atoms with Crippen LogP contribution in [0.1, 0.15) is 15.2 Å². The third-order valence-corrected chi connectivity index (χ3v) is 4.16. The number of ether oxygens (including phenoxy) is 1. The zero-order valence-corrected chi connectivity index (χ0v) is 11.4. The van der Waals surface area contributed by atoms with Crippen LogP contribution in [0, 0.1) is 24.4 Å². The second kappa shape index (κ2) is 5.16. The van der Waals surface area contributed by atoms with E-state index in [9.17, 15) is 18.0 Å². The fourth-order valence-electron chi connectivity index (χ4n) is 1.73. The summed E-state index contributed by atoms with van der Waals surface area (Å²) < 4.78 is 44.6. The number of benzene rings is 1. The molecule has 0 saturated heterocycles. The van der Waals surface area contributed by atoms with Crippen molar-refractivity contribution in [2.75, 3.05) is 12.8 Å². The van der Waals surface area contributed by atoms with Gasteiger partial charge in [0.1, 0.15) is 4.88 Å². The predicted octanol–water partition coefficient (Wildman–Crippen LogP) is 3.51. The van der Waals surface area contributed by atoms with Crippen LogP contribution in [0.4, 0.5) is 18.9 Å². The van der Waals surface area contributed by atoms with Crippen molar-refractivity contribution in [2.45, 2.75) is 6.92 Å². The van der Waals surface area contributed by atoms with Crippen molar-refractivity contribution in [2.24, 2.45) is 0 Å². The topological polar surface area (TPSA) is 52.3 Å². The molecule has 106 valence electrons. The molecule has 2 aromatic rings. The number of esters is 1. The van der Waals surface area contributed by atoms with Gasteiger partial charge < -0.3 is 10.5 Å². The van der Waals surface area contributed by atoms with Crippen molar-refractivity contribution in [1.82, 2.24) is 0 Å². The maximum absolute atomic E-state index is 13.8. The summed E-state index contributed by atoms with van der Waals surface area (Å²) in [6, 6.07) is 1.92. The first kappa shape index (κ1) is 14.4. The van der Waals surface area contributed by atoms with Gasteiger partial charge in [0.05, 0.1) is 12.8 Å². The maximum Gasteiger partial charge on any atom is 0.350 e. The summed E-state index contributed by atoms with van der Waals surface area (Å²) in [5.41, 5.74) is 6.17. The first-order valence-corrected chi connectivity index (χ1v) is 6.31. The van der Waals surface area contributed by atoms with Gasteiger partial charge in [0.15, 0.2) is 17.5 Å². The molecule has 0 saturated carbocycles. The van der Waals surface area contributed by atoms with E-state index < -0.39 is 23.4 Å². The number of nitrogen functional groups attached to an aromatic ring is 1. The average molecular weight is 301 g/mol. The Morgan fingerprint density at radius 1 is 1.25 bits per heavy atom. The summed E-state index contributed by atoms with van der Waals surface area (Å²) in [6.07, 6.45) is 0. The fourth-order valence-corrected chi connectivity index (χ4v) is 2.89. The Hall–Kier alpha value is -2.02. The lowest BCUT2D eigenvalue weighted by Crippen LogP contribution is -2.01. The molecule has 1 heterocycles. The lowest BCUT2D eigenvalue weighted by molar-refractivity contribution is 0.0607. The lowest BCUT2D eigenvalue weighted by atomic mass is 10.1. The number of hydrogen-bond donors (Lipinski definition) is 1. The number of carbonyl (C=O) groups is 1. The standard InChI is InChI=1S/C13H10F3NO2S/c1-5-10(17)12(13(18)19-2)20-11(5)6-3-4-7(14)9(16)8(6)15/h3-4H,17H2,1-2H3. The molecule has 2 N–H and O–H groups in total. The van der Waals surface area contributed by atoms with E-state index in [1.807, 2.05) is 0 Å². The molecule has 7 heteroatoms. The number of halogens is 3. The predicted molar refractivity (Wildman–Crippen MR) is 70.1 cm³/mol. The van der Waals surface area contributed by atoms with Gasteiger partial charge in [0, 0.05) is 10.4 Å². The minimum Gasteiger partial charge on any atom is -0.465 e. The number of nitrogens with two attached hydrogens (primary N) is 1. The highest BCUT2D eigenvalue weighted by Gasteiger charge is 2.23. The van der Waals surface area contributed by atoms with Crippen LogP contribution in [-0.4, -0.2) is 13.1 Å². The molecule has 2 rings (SSSR count).